The van der Waals surface area contributed by atoms with Crippen LogP contribution in [0, 0.1) is 0 Å². The lowest BCUT2D eigenvalue weighted by molar-refractivity contribution is 0.414. The normalized spacial score (nSPS) is 12.4. The van der Waals surface area contributed by atoms with Crippen LogP contribution in [0.1, 0.15) is 5.56 Å². The molecule has 0 bridgehead atoms. The van der Waals surface area contributed by atoms with E-state index in [-0.39, 0.29) is 0 Å². The number of rotatable bonds is 4. The minimum Gasteiger partial charge on any atom is -0.497 e. The first kappa shape index (κ1) is 13.3. The van der Waals surface area contributed by atoms with Gasteiger partial charge in [0.2, 0.25) is 0 Å². The van der Waals surface area contributed by atoms with Crippen molar-refractivity contribution in [2.75, 3.05) is 7.11 Å². The Morgan fingerprint density at radius 2 is 1.95 bits per heavy atom. The average Bonchev–Trinajstić information content (AvgIpc) is 2.91. The Morgan fingerprint density at radius 3 is 2.75 bits per heavy atom. The van der Waals surface area contributed by atoms with Gasteiger partial charge in [0.1, 0.15) is 5.75 Å². The Kier molecular flexibility index (Phi) is 3.85. The molecule has 20 heavy (non-hydrogen) atoms. The van der Waals surface area contributed by atoms with Gasteiger partial charge < -0.3 is 4.74 Å². The van der Waals surface area contributed by atoms with E-state index in [4.69, 9.17) is 4.74 Å². The Hall–Kier alpha value is -1.65. The fourth-order valence-corrected chi connectivity index (χ4v) is 4.55. The summed E-state index contributed by atoms with van der Waals surface area (Å²) in [6.07, 6.45) is 0. The predicted molar refractivity (Wildman–Crippen MR) is 84.9 cm³/mol. The summed E-state index contributed by atoms with van der Waals surface area (Å²) < 4.78 is 19.8. The molecule has 0 amide bonds. The van der Waals surface area contributed by atoms with E-state index in [9.17, 15) is 4.21 Å². The molecule has 4 heteroatoms. The summed E-state index contributed by atoms with van der Waals surface area (Å²) in [6.45, 7) is 0. The Morgan fingerprint density at radius 1 is 1.10 bits per heavy atom. The van der Waals surface area contributed by atoms with E-state index in [1.165, 1.54) is 4.70 Å². The smallest absolute Gasteiger partial charge is 0.119 e. The van der Waals surface area contributed by atoms with Crippen molar-refractivity contribution in [3.05, 3.63) is 60.2 Å². The van der Waals surface area contributed by atoms with Gasteiger partial charge in [-0.05, 0) is 35.2 Å². The standard InChI is InChI=1S/C16H14O2S2/c1-18-14-7-4-5-12(9-14)11-20(17)16-10-13-6-2-3-8-15(13)19-16/h2-10H,11H2,1H3. The second kappa shape index (κ2) is 5.77. The van der Waals surface area contributed by atoms with Crippen LogP contribution in [0.4, 0.5) is 0 Å². The van der Waals surface area contributed by atoms with Crippen LogP contribution in [0.3, 0.4) is 0 Å². The molecule has 0 spiro atoms. The third-order valence-corrected chi connectivity index (χ3v) is 5.94. The molecule has 2 nitrogen and oxygen atoms in total. The van der Waals surface area contributed by atoms with Crippen molar-refractivity contribution in [2.45, 2.75) is 9.96 Å². The number of ether oxygens (including phenoxy) is 1. The monoisotopic (exact) mass is 302 g/mol. The molecular weight excluding hydrogens is 288 g/mol. The number of thiophene rings is 1. The van der Waals surface area contributed by atoms with Crippen LogP contribution >= 0.6 is 11.3 Å². The molecule has 0 aliphatic heterocycles. The first-order valence-electron chi connectivity index (χ1n) is 6.26. The molecule has 2 aromatic carbocycles. The van der Waals surface area contributed by atoms with Gasteiger partial charge in [-0.15, -0.1) is 11.3 Å². The first-order valence-corrected chi connectivity index (χ1v) is 8.40. The van der Waals surface area contributed by atoms with Crippen molar-refractivity contribution in [2.24, 2.45) is 0 Å². The van der Waals surface area contributed by atoms with Gasteiger partial charge in [-0.1, -0.05) is 30.3 Å². The van der Waals surface area contributed by atoms with Crippen molar-refractivity contribution >= 4 is 32.2 Å². The Labute approximate surface area is 124 Å². The zero-order valence-electron chi connectivity index (χ0n) is 11.0. The fraction of sp³-hybridized carbons (Fsp3) is 0.125. The third-order valence-electron chi connectivity index (χ3n) is 3.06. The van der Waals surface area contributed by atoms with Gasteiger partial charge in [0, 0.05) is 4.70 Å². The van der Waals surface area contributed by atoms with Gasteiger partial charge >= 0.3 is 0 Å². The summed E-state index contributed by atoms with van der Waals surface area (Å²) in [5, 5.41) is 1.16. The number of hydrogen-bond donors (Lipinski definition) is 0. The third kappa shape index (κ3) is 2.76. The second-order valence-corrected chi connectivity index (χ2v) is 7.21. The highest BCUT2D eigenvalue weighted by Crippen LogP contribution is 2.29. The molecule has 1 unspecified atom stereocenters. The SMILES string of the molecule is COc1cccc(CS(=O)c2cc3ccccc3s2)c1. The fourth-order valence-electron chi connectivity index (χ4n) is 2.05. The molecule has 0 N–H and O–H groups in total. The molecule has 0 saturated carbocycles. The maximum absolute atomic E-state index is 12.5. The van der Waals surface area contributed by atoms with Crippen molar-refractivity contribution in [1.29, 1.82) is 0 Å². The topological polar surface area (TPSA) is 26.3 Å². The van der Waals surface area contributed by atoms with Crippen LogP contribution in [-0.2, 0) is 16.6 Å². The van der Waals surface area contributed by atoms with Crippen LogP contribution in [0.2, 0.25) is 0 Å². The summed E-state index contributed by atoms with van der Waals surface area (Å²) >= 11 is 1.60. The summed E-state index contributed by atoms with van der Waals surface area (Å²) in [7, 11) is 0.627. The molecule has 3 aromatic rings. The summed E-state index contributed by atoms with van der Waals surface area (Å²) in [4.78, 5) is 0. The minimum atomic E-state index is -1.01. The molecule has 0 aliphatic carbocycles. The number of methoxy groups -OCH3 is 1. The minimum absolute atomic E-state index is 0.518. The van der Waals surface area contributed by atoms with E-state index in [1.807, 2.05) is 42.5 Å². The Balaban J connectivity index is 1.85. The zero-order chi connectivity index (χ0) is 13.9. The first-order chi connectivity index (χ1) is 9.76. The van der Waals surface area contributed by atoms with Crippen molar-refractivity contribution < 1.29 is 8.95 Å². The maximum Gasteiger partial charge on any atom is 0.119 e. The molecule has 0 saturated heterocycles. The molecule has 3 rings (SSSR count). The Bertz CT molecular complexity index is 729. The highest BCUT2D eigenvalue weighted by molar-refractivity contribution is 7.86. The van der Waals surface area contributed by atoms with E-state index in [2.05, 4.69) is 12.1 Å². The molecule has 0 fully saturated rings. The number of benzene rings is 2. The van der Waals surface area contributed by atoms with Crippen molar-refractivity contribution in [1.82, 2.24) is 0 Å². The van der Waals surface area contributed by atoms with Crippen LogP contribution in [0.25, 0.3) is 10.1 Å². The van der Waals surface area contributed by atoms with E-state index < -0.39 is 10.8 Å². The molecule has 1 atom stereocenters. The van der Waals surface area contributed by atoms with Crippen molar-refractivity contribution in [3.63, 3.8) is 0 Å². The largest absolute Gasteiger partial charge is 0.497 e. The van der Waals surface area contributed by atoms with Gasteiger partial charge in [0.15, 0.2) is 0 Å². The molecular formula is C16H14O2S2. The number of fused-ring (bicyclic) bond motifs is 1. The lowest BCUT2D eigenvalue weighted by Crippen LogP contribution is -1.94. The van der Waals surface area contributed by atoms with Crippen molar-refractivity contribution in [3.8, 4) is 5.75 Å². The van der Waals surface area contributed by atoms with Gasteiger partial charge in [-0.3, -0.25) is 4.21 Å². The lowest BCUT2D eigenvalue weighted by atomic mass is 10.2. The van der Waals surface area contributed by atoms with Crippen LogP contribution in [0.5, 0.6) is 5.75 Å². The van der Waals surface area contributed by atoms with Gasteiger partial charge in [-0.25, -0.2) is 0 Å². The molecule has 0 aliphatic rings. The van der Waals surface area contributed by atoms with Gasteiger partial charge in [0.25, 0.3) is 0 Å². The maximum atomic E-state index is 12.5. The summed E-state index contributed by atoms with van der Waals surface area (Å²) in [5.41, 5.74) is 1.03. The molecule has 102 valence electrons. The second-order valence-electron chi connectivity index (χ2n) is 4.44. The van der Waals surface area contributed by atoms with Crippen LogP contribution in [-0.4, -0.2) is 11.3 Å². The van der Waals surface area contributed by atoms with Gasteiger partial charge in [0.05, 0.1) is 27.9 Å². The van der Waals surface area contributed by atoms with Crippen LogP contribution in [0.15, 0.2) is 58.8 Å². The quantitative estimate of drug-likeness (QED) is 0.721. The number of hydrogen-bond acceptors (Lipinski definition) is 3. The van der Waals surface area contributed by atoms with E-state index in [0.717, 1.165) is 20.9 Å². The summed E-state index contributed by atoms with van der Waals surface area (Å²) in [6, 6.07) is 17.9. The molecule has 1 heterocycles. The highest BCUT2D eigenvalue weighted by Gasteiger charge is 2.10. The van der Waals surface area contributed by atoms with Crippen LogP contribution < -0.4 is 4.74 Å². The van der Waals surface area contributed by atoms with E-state index in [1.54, 1.807) is 18.4 Å². The lowest BCUT2D eigenvalue weighted by Gasteiger charge is -2.03. The molecule has 0 radical (unpaired) electrons. The average molecular weight is 302 g/mol. The van der Waals surface area contributed by atoms with E-state index >= 15 is 0 Å². The van der Waals surface area contributed by atoms with E-state index in [0.29, 0.717) is 5.75 Å². The zero-order valence-corrected chi connectivity index (χ0v) is 12.7. The van der Waals surface area contributed by atoms with Gasteiger partial charge in [-0.2, -0.15) is 0 Å². The molecule has 1 aromatic heterocycles. The summed E-state index contributed by atoms with van der Waals surface area (Å²) in [5.74, 6) is 1.32. The highest BCUT2D eigenvalue weighted by atomic mass is 32.2. The predicted octanol–water partition coefficient (Wildman–Crippen LogP) is 4.22.